The van der Waals surface area contributed by atoms with Gasteiger partial charge in [-0.1, -0.05) is 40.9 Å². The number of methoxy groups -OCH3 is 1. The lowest BCUT2D eigenvalue weighted by Gasteiger charge is -2.28. The van der Waals surface area contributed by atoms with Crippen molar-refractivity contribution in [1.29, 1.82) is 0 Å². The zero-order chi connectivity index (χ0) is 32.6. The number of halogens is 1. The van der Waals surface area contributed by atoms with Crippen LogP contribution in [-0.4, -0.2) is 75.1 Å². The van der Waals surface area contributed by atoms with Crippen molar-refractivity contribution in [2.75, 3.05) is 13.7 Å². The van der Waals surface area contributed by atoms with Crippen molar-refractivity contribution in [1.82, 2.24) is 10.2 Å². The van der Waals surface area contributed by atoms with Gasteiger partial charge in [0.05, 0.1) is 24.0 Å². The number of unbranched alkanes of at least 4 members (excludes halogenated alkanes) is 3. The maximum atomic E-state index is 13.8. The number of esters is 1. The first-order chi connectivity index (χ1) is 21.5. The number of amides is 3. The molecule has 248 valence electrons. The van der Waals surface area contributed by atoms with Gasteiger partial charge >= 0.3 is 12.1 Å². The standard InChI is InChI=1S/C31H42BrN3O9S/c1-42-30(38)25-17-20(25)9-5-3-2-4-6-12-26(34-31(39)43-22-10-7-8-11-22)29(37)35-19-23(18-27(35)28(33)36)44-45(40,41)24-15-13-21(32)14-16-24/h5,9,13-16,20,22-23,25-27H,2-4,6-8,10-12,17-19H2,1H3,(H2,33,36)(H,34,39)/b9-5-/t20-,23+,25+,26+,27+/m1/s1. The summed E-state index contributed by atoms with van der Waals surface area (Å²) in [5.74, 6) is -1.34. The predicted molar refractivity (Wildman–Crippen MR) is 167 cm³/mol. The Labute approximate surface area is 272 Å². The molecule has 1 aliphatic heterocycles. The molecule has 0 aromatic heterocycles. The number of nitrogens with zero attached hydrogens (tertiary/aromatic N) is 1. The Bertz CT molecular complexity index is 1350. The monoisotopic (exact) mass is 711 g/mol. The number of likely N-dealkylation sites (tertiary alicyclic amines) is 1. The summed E-state index contributed by atoms with van der Waals surface area (Å²) in [4.78, 5) is 51.7. The van der Waals surface area contributed by atoms with Crippen molar-refractivity contribution in [3.8, 4) is 0 Å². The average molecular weight is 713 g/mol. The molecule has 45 heavy (non-hydrogen) atoms. The third kappa shape index (κ3) is 10.0. The van der Waals surface area contributed by atoms with E-state index in [9.17, 15) is 27.6 Å². The largest absolute Gasteiger partial charge is 0.469 e. The van der Waals surface area contributed by atoms with E-state index in [1.807, 2.05) is 6.08 Å². The molecule has 1 aromatic rings. The van der Waals surface area contributed by atoms with Gasteiger partial charge in [-0.3, -0.25) is 18.6 Å². The van der Waals surface area contributed by atoms with Crippen LogP contribution in [0.4, 0.5) is 4.79 Å². The molecule has 0 radical (unpaired) electrons. The van der Waals surface area contributed by atoms with Gasteiger partial charge in [-0.05, 0) is 81.5 Å². The molecule has 5 atom stereocenters. The van der Waals surface area contributed by atoms with Crippen LogP contribution in [0.2, 0.25) is 0 Å². The summed E-state index contributed by atoms with van der Waals surface area (Å²) in [6.07, 6.45) is 9.70. The second-order valence-corrected chi connectivity index (χ2v) is 14.4. The number of nitrogens with two attached hydrogens (primary N) is 1. The number of nitrogens with one attached hydrogen (secondary N) is 1. The molecule has 3 fully saturated rings. The Hall–Kier alpha value is -2.97. The van der Waals surface area contributed by atoms with Crippen molar-refractivity contribution in [3.05, 3.63) is 40.9 Å². The van der Waals surface area contributed by atoms with Crippen LogP contribution >= 0.6 is 15.9 Å². The first-order valence-electron chi connectivity index (χ1n) is 15.5. The highest BCUT2D eigenvalue weighted by Crippen LogP contribution is 2.40. The molecule has 1 heterocycles. The summed E-state index contributed by atoms with van der Waals surface area (Å²) in [6.45, 7) is -0.184. The molecule has 14 heteroatoms. The predicted octanol–water partition coefficient (Wildman–Crippen LogP) is 3.96. The summed E-state index contributed by atoms with van der Waals surface area (Å²) in [6, 6.07) is 3.82. The summed E-state index contributed by atoms with van der Waals surface area (Å²) < 4.78 is 42.2. The fourth-order valence-electron chi connectivity index (χ4n) is 5.92. The van der Waals surface area contributed by atoms with Crippen molar-refractivity contribution in [2.45, 2.75) is 99.8 Å². The van der Waals surface area contributed by atoms with Crippen LogP contribution in [0.25, 0.3) is 0 Å². The minimum atomic E-state index is -4.18. The Kier molecular flexibility index (Phi) is 12.4. The molecule has 3 amide bonds. The number of carbonyl (C=O) groups is 4. The zero-order valence-electron chi connectivity index (χ0n) is 25.4. The van der Waals surface area contributed by atoms with Gasteiger partial charge in [-0.25, -0.2) is 4.79 Å². The average Bonchev–Trinajstić information content (AvgIpc) is 3.36. The van der Waals surface area contributed by atoms with E-state index in [4.69, 9.17) is 19.4 Å². The van der Waals surface area contributed by atoms with E-state index in [2.05, 4.69) is 27.3 Å². The van der Waals surface area contributed by atoms with Crippen LogP contribution in [0.1, 0.15) is 70.6 Å². The Morgan fingerprint density at radius 2 is 1.78 bits per heavy atom. The van der Waals surface area contributed by atoms with Crippen molar-refractivity contribution in [2.24, 2.45) is 17.6 Å². The fourth-order valence-corrected chi connectivity index (χ4v) is 7.26. The van der Waals surface area contributed by atoms with Crippen LogP contribution in [0, 0.1) is 11.8 Å². The SMILES string of the molecule is COC(=O)[C@H]1C[C@H]1/C=C\CCCCC[C@H](NC(=O)OC1CCCC1)C(=O)N1C[C@@H](OS(=O)(=O)c2ccc(Br)cc2)C[C@H]1C(N)=O. The molecule has 0 spiro atoms. The topological polar surface area (TPSA) is 171 Å². The van der Waals surface area contributed by atoms with E-state index in [1.54, 1.807) is 12.1 Å². The first kappa shape index (κ1) is 34.9. The molecule has 1 aromatic carbocycles. The van der Waals surface area contributed by atoms with E-state index in [1.165, 1.54) is 24.1 Å². The highest BCUT2D eigenvalue weighted by Gasteiger charge is 2.44. The van der Waals surface area contributed by atoms with Gasteiger partial charge < -0.3 is 25.4 Å². The highest BCUT2D eigenvalue weighted by atomic mass is 79.9. The number of carbonyl (C=O) groups excluding carboxylic acids is 4. The number of allylic oxidation sites excluding steroid dienone is 2. The molecule has 12 nitrogen and oxygen atoms in total. The van der Waals surface area contributed by atoms with Crippen LogP contribution in [-0.2, 0) is 38.2 Å². The molecule has 3 aliphatic rings. The minimum Gasteiger partial charge on any atom is -0.469 e. The molecule has 2 aliphatic carbocycles. The summed E-state index contributed by atoms with van der Waals surface area (Å²) in [5, 5.41) is 2.69. The number of primary amides is 1. The van der Waals surface area contributed by atoms with Crippen molar-refractivity contribution < 1.29 is 41.3 Å². The lowest BCUT2D eigenvalue weighted by Crippen LogP contribution is -2.53. The number of hydrogen-bond donors (Lipinski definition) is 2. The Morgan fingerprint density at radius 1 is 1.07 bits per heavy atom. The smallest absolute Gasteiger partial charge is 0.408 e. The van der Waals surface area contributed by atoms with E-state index < -0.39 is 46.2 Å². The van der Waals surface area contributed by atoms with E-state index in [0.717, 1.165) is 51.4 Å². The number of hydrogen-bond acceptors (Lipinski definition) is 9. The molecule has 2 saturated carbocycles. The summed E-state index contributed by atoms with van der Waals surface area (Å²) in [7, 11) is -2.78. The van der Waals surface area contributed by atoms with Crippen LogP contribution in [0.5, 0.6) is 0 Å². The zero-order valence-corrected chi connectivity index (χ0v) is 27.8. The second kappa shape index (κ2) is 16.0. The first-order valence-corrected chi connectivity index (χ1v) is 17.7. The fraction of sp³-hybridized carbons (Fsp3) is 0.613. The van der Waals surface area contributed by atoms with Crippen LogP contribution in [0.15, 0.2) is 45.8 Å². The number of ether oxygens (including phenoxy) is 2. The van der Waals surface area contributed by atoms with Gasteiger partial charge in [-0.2, -0.15) is 8.42 Å². The van der Waals surface area contributed by atoms with Gasteiger partial charge in [0.25, 0.3) is 10.1 Å². The van der Waals surface area contributed by atoms with E-state index in [-0.39, 0.29) is 41.8 Å². The van der Waals surface area contributed by atoms with Gasteiger partial charge in [0, 0.05) is 17.4 Å². The van der Waals surface area contributed by atoms with E-state index >= 15 is 0 Å². The van der Waals surface area contributed by atoms with Crippen LogP contribution in [0.3, 0.4) is 0 Å². The Balaban J connectivity index is 1.35. The van der Waals surface area contributed by atoms with Gasteiger partial charge in [0.1, 0.15) is 18.2 Å². The number of rotatable bonds is 15. The lowest BCUT2D eigenvalue weighted by molar-refractivity contribution is -0.142. The number of alkyl carbamates (subject to hydrolysis) is 1. The third-order valence-electron chi connectivity index (χ3n) is 8.50. The molecule has 0 unspecified atom stereocenters. The lowest BCUT2D eigenvalue weighted by atomic mass is 10.0. The van der Waals surface area contributed by atoms with Gasteiger partial charge in [-0.15, -0.1) is 0 Å². The molecule has 0 bridgehead atoms. The maximum Gasteiger partial charge on any atom is 0.408 e. The molecular formula is C31H42BrN3O9S. The highest BCUT2D eigenvalue weighted by molar-refractivity contribution is 9.10. The summed E-state index contributed by atoms with van der Waals surface area (Å²) in [5.41, 5.74) is 5.63. The second-order valence-electron chi connectivity index (χ2n) is 11.9. The molecular weight excluding hydrogens is 670 g/mol. The van der Waals surface area contributed by atoms with Gasteiger partial charge in [0.2, 0.25) is 11.8 Å². The number of benzene rings is 1. The summed E-state index contributed by atoms with van der Waals surface area (Å²) >= 11 is 3.26. The molecule has 3 N–H and O–H groups in total. The van der Waals surface area contributed by atoms with Crippen molar-refractivity contribution in [3.63, 3.8) is 0 Å². The molecule has 1 saturated heterocycles. The molecule has 4 rings (SSSR count). The third-order valence-corrected chi connectivity index (χ3v) is 10.4. The van der Waals surface area contributed by atoms with Gasteiger partial charge in [0.15, 0.2) is 0 Å². The minimum absolute atomic E-state index is 0.0474. The quantitative estimate of drug-likeness (QED) is 0.118. The Morgan fingerprint density at radius 3 is 2.44 bits per heavy atom. The van der Waals surface area contributed by atoms with Crippen molar-refractivity contribution >= 4 is 49.9 Å². The maximum absolute atomic E-state index is 13.8. The normalized spacial score (nSPS) is 24.0. The van der Waals surface area contributed by atoms with E-state index in [0.29, 0.717) is 17.3 Å². The van der Waals surface area contributed by atoms with Crippen LogP contribution < -0.4 is 11.1 Å².